The number of hydrogen-bond acceptors (Lipinski definition) is 3. The number of nitrogens with zero attached hydrogens (tertiary/aromatic N) is 1. The molecule has 1 rings (SSSR count). The number of anilines is 1. The van der Waals surface area contributed by atoms with Crippen molar-refractivity contribution in [3.8, 4) is 11.5 Å². The summed E-state index contributed by atoms with van der Waals surface area (Å²) < 4.78 is 10.2. The van der Waals surface area contributed by atoms with Gasteiger partial charge in [-0.3, -0.25) is 4.90 Å². The monoisotopic (exact) mass is 211 g/mol. The van der Waals surface area contributed by atoms with Crippen molar-refractivity contribution in [2.75, 3.05) is 26.2 Å². The average Bonchev–Trinajstić information content (AvgIpc) is 2.26. The maximum absolute atomic E-state index is 10.8. The number of para-hydroxylation sites is 1. The Hall–Kier alpha value is -1.91. The first-order valence-electron chi connectivity index (χ1n) is 4.29. The Bertz CT molecular complexity index is 364. The molecule has 0 saturated carbocycles. The van der Waals surface area contributed by atoms with Gasteiger partial charge in [-0.1, -0.05) is 6.07 Å². The van der Waals surface area contributed by atoms with Gasteiger partial charge in [-0.25, -0.2) is 4.79 Å². The smallest absolute Gasteiger partial charge is 0.411 e. The lowest BCUT2D eigenvalue weighted by Crippen LogP contribution is -2.24. The predicted octanol–water partition coefficient (Wildman–Crippen LogP) is 1.82. The van der Waals surface area contributed by atoms with Gasteiger partial charge in [0.2, 0.25) is 0 Å². The van der Waals surface area contributed by atoms with Crippen LogP contribution in [-0.4, -0.2) is 32.5 Å². The van der Waals surface area contributed by atoms with Crippen LogP contribution >= 0.6 is 0 Å². The molecule has 1 aromatic rings. The molecule has 0 atom stereocenters. The van der Waals surface area contributed by atoms with E-state index in [9.17, 15) is 4.79 Å². The fourth-order valence-electron chi connectivity index (χ4n) is 1.24. The van der Waals surface area contributed by atoms with E-state index in [-0.39, 0.29) is 0 Å². The lowest BCUT2D eigenvalue weighted by atomic mass is 10.2. The zero-order valence-corrected chi connectivity index (χ0v) is 8.85. The van der Waals surface area contributed by atoms with E-state index >= 15 is 0 Å². The Kier molecular flexibility index (Phi) is 3.38. The van der Waals surface area contributed by atoms with Crippen molar-refractivity contribution in [1.82, 2.24) is 0 Å². The van der Waals surface area contributed by atoms with Gasteiger partial charge in [-0.05, 0) is 12.1 Å². The highest BCUT2D eigenvalue weighted by atomic mass is 16.5. The average molecular weight is 211 g/mol. The van der Waals surface area contributed by atoms with Gasteiger partial charge in [0, 0.05) is 7.05 Å². The van der Waals surface area contributed by atoms with Crippen LogP contribution in [-0.2, 0) is 0 Å². The Morgan fingerprint density at radius 2 is 2.00 bits per heavy atom. The van der Waals surface area contributed by atoms with Gasteiger partial charge >= 0.3 is 6.09 Å². The Labute approximate surface area is 87.8 Å². The highest BCUT2D eigenvalue weighted by Crippen LogP contribution is 2.36. The third kappa shape index (κ3) is 2.12. The molecule has 1 amide bonds. The minimum absolute atomic E-state index is 0.407. The molecule has 0 aliphatic heterocycles. The Balaban J connectivity index is 3.22. The summed E-state index contributed by atoms with van der Waals surface area (Å²) in [6, 6.07) is 5.06. The Morgan fingerprint density at radius 1 is 1.33 bits per heavy atom. The van der Waals surface area contributed by atoms with E-state index in [1.165, 1.54) is 21.3 Å². The summed E-state index contributed by atoms with van der Waals surface area (Å²) in [5.41, 5.74) is 0.448. The second-order valence-corrected chi connectivity index (χ2v) is 2.85. The van der Waals surface area contributed by atoms with Crippen LogP contribution in [0.1, 0.15) is 0 Å². The molecule has 0 spiro atoms. The summed E-state index contributed by atoms with van der Waals surface area (Å²) in [6.07, 6.45) is -1.05. The summed E-state index contributed by atoms with van der Waals surface area (Å²) in [5.74, 6) is 0.910. The molecule has 0 bridgehead atoms. The van der Waals surface area contributed by atoms with Gasteiger partial charge in [0.1, 0.15) is 0 Å². The third-order valence-electron chi connectivity index (χ3n) is 2.03. The van der Waals surface area contributed by atoms with Crippen molar-refractivity contribution in [2.45, 2.75) is 0 Å². The molecule has 82 valence electrons. The maximum Gasteiger partial charge on any atom is 0.411 e. The SMILES string of the molecule is COc1cccc(N(C)C(=O)O)c1OC. The van der Waals surface area contributed by atoms with E-state index in [4.69, 9.17) is 14.6 Å². The van der Waals surface area contributed by atoms with Crippen molar-refractivity contribution >= 4 is 11.8 Å². The Morgan fingerprint density at radius 3 is 2.47 bits per heavy atom. The molecular formula is C10H13NO4. The van der Waals surface area contributed by atoms with Crippen LogP contribution in [0.5, 0.6) is 11.5 Å². The van der Waals surface area contributed by atoms with Crippen molar-refractivity contribution < 1.29 is 19.4 Å². The molecule has 1 aromatic carbocycles. The molecule has 1 N–H and O–H groups in total. The van der Waals surface area contributed by atoms with E-state index in [0.29, 0.717) is 17.2 Å². The first-order chi connectivity index (χ1) is 7.11. The highest BCUT2D eigenvalue weighted by Gasteiger charge is 2.16. The molecule has 0 aromatic heterocycles. The van der Waals surface area contributed by atoms with Crippen molar-refractivity contribution in [1.29, 1.82) is 0 Å². The van der Waals surface area contributed by atoms with Gasteiger partial charge in [0.25, 0.3) is 0 Å². The van der Waals surface area contributed by atoms with Gasteiger partial charge < -0.3 is 14.6 Å². The number of rotatable bonds is 3. The number of amides is 1. The van der Waals surface area contributed by atoms with Gasteiger partial charge in [-0.15, -0.1) is 0 Å². The standard InChI is InChI=1S/C10H13NO4/c1-11(10(12)13)7-5-4-6-8(14-2)9(7)15-3/h4-6H,1-3H3,(H,12,13). The summed E-state index contributed by atoms with van der Waals surface area (Å²) in [5, 5.41) is 8.85. The lowest BCUT2D eigenvalue weighted by molar-refractivity contribution is 0.203. The van der Waals surface area contributed by atoms with Crippen LogP contribution < -0.4 is 14.4 Å². The summed E-state index contributed by atoms with van der Waals surface area (Å²) >= 11 is 0. The molecule has 0 saturated heterocycles. The highest BCUT2D eigenvalue weighted by molar-refractivity contribution is 5.88. The minimum atomic E-state index is -1.05. The van der Waals surface area contributed by atoms with E-state index in [1.54, 1.807) is 18.2 Å². The van der Waals surface area contributed by atoms with Crippen molar-refractivity contribution in [3.63, 3.8) is 0 Å². The zero-order chi connectivity index (χ0) is 11.4. The normalized spacial score (nSPS) is 9.53. The molecule has 0 radical (unpaired) electrons. The summed E-state index contributed by atoms with van der Waals surface area (Å²) in [4.78, 5) is 11.9. The topological polar surface area (TPSA) is 59.0 Å². The third-order valence-corrected chi connectivity index (χ3v) is 2.03. The predicted molar refractivity (Wildman–Crippen MR) is 56.0 cm³/mol. The lowest BCUT2D eigenvalue weighted by Gasteiger charge is -2.18. The second-order valence-electron chi connectivity index (χ2n) is 2.85. The number of methoxy groups -OCH3 is 2. The molecule has 0 unspecified atom stereocenters. The van der Waals surface area contributed by atoms with E-state index in [1.807, 2.05) is 0 Å². The van der Waals surface area contributed by atoms with Gasteiger partial charge in [0.15, 0.2) is 11.5 Å². The van der Waals surface area contributed by atoms with E-state index in [0.717, 1.165) is 4.90 Å². The number of carboxylic acid groups (broad SMARTS) is 1. The largest absolute Gasteiger partial charge is 0.493 e. The molecule has 15 heavy (non-hydrogen) atoms. The van der Waals surface area contributed by atoms with Crippen molar-refractivity contribution in [3.05, 3.63) is 18.2 Å². The van der Waals surface area contributed by atoms with Crippen LogP contribution in [0.2, 0.25) is 0 Å². The summed E-state index contributed by atoms with van der Waals surface area (Å²) in [7, 11) is 4.42. The molecule has 5 nitrogen and oxygen atoms in total. The number of hydrogen-bond donors (Lipinski definition) is 1. The first kappa shape index (κ1) is 11.2. The van der Waals surface area contributed by atoms with Crippen molar-refractivity contribution in [2.24, 2.45) is 0 Å². The minimum Gasteiger partial charge on any atom is -0.493 e. The quantitative estimate of drug-likeness (QED) is 0.828. The number of benzene rings is 1. The molecule has 0 aliphatic rings. The summed E-state index contributed by atoms with van der Waals surface area (Å²) in [6.45, 7) is 0. The van der Waals surface area contributed by atoms with Gasteiger partial charge in [0.05, 0.1) is 19.9 Å². The maximum atomic E-state index is 10.8. The van der Waals surface area contributed by atoms with E-state index in [2.05, 4.69) is 0 Å². The molecule has 0 fully saturated rings. The van der Waals surface area contributed by atoms with Crippen LogP contribution in [0.15, 0.2) is 18.2 Å². The number of ether oxygens (including phenoxy) is 2. The zero-order valence-electron chi connectivity index (χ0n) is 8.85. The van der Waals surface area contributed by atoms with Crippen LogP contribution in [0.25, 0.3) is 0 Å². The molecule has 0 heterocycles. The molecular weight excluding hydrogens is 198 g/mol. The molecule has 0 aliphatic carbocycles. The van der Waals surface area contributed by atoms with Crippen LogP contribution in [0, 0.1) is 0 Å². The molecule has 5 heteroatoms. The van der Waals surface area contributed by atoms with Crippen LogP contribution in [0.3, 0.4) is 0 Å². The van der Waals surface area contributed by atoms with E-state index < -0.39 is 6.09 Å². The first-order valence-corrected chi connectivity index (χ1v) is 4.29. The van der Waals surface area contributed by atoms with Crippen LogP contribution in [0.4, 0.5) is 10.5 Å². The second kappa shape index (κ2) is 4.54. The fourth-order valence-corrected chi connectivity index (χ4v) is 1.24. The fraction of sp³-hybridized carbons (Fsp3) is 0.300. The van der Waals surface area contributed by atoms with Gasteiger partial charge in [-0.2, -0.15) is 0 Å². The number of carbonyl (C=O) groups is 1.